The van der Waals surface area contributed by atoms with E-state index < -0.39 is 6.04 Å². The van der Waals surface area contributed by atoms with E-state index in [2.05, 4.69) is 5.32 Å². The highest BCUT2D eigenvalue weighted by molar-refractivity contribution is 5.83. The summed E-state index contributed by atoms with van der Waals surface area (Å²) in [5, 5.41) is 2.90. The second-order valence-electron chi connectivity index (χ2n) is 5.08. The van der Waals surface area contributed by atoms with Crippen molar-refractivity contribution in [1.82, 2.24) is 10.2 Å². The zero-order valence-electron chi connectivity index (χ0n) is 10.8. The molecule has 1 aromatic rings. The highest BCUT2D eigenvalue weighted by atomic mass is 19.1. The summed E-state index contributed by atoms with van der Waals surface area (Å²) in [6.45, 7) is 0.706. The van der Waals surface area contributed by atoms with Gasteiger partial charge in [-0.1, -0.05) is 18.2 Å². The summed E-state index contributed by atoms with van der Waals surface area (Å²) in [6.07, 6.45) is 2.37. The van der Waals surface area contributed by atoms with Crippen molar-refractivity contribution >= 4 is 5.91 Å². The van der Waals surface area contributed by atoms with Gasteiger partial charge >= 0.3 is 0 Å². The third kappa shape index (κ3) is 3.07. The summed E-state index contributed by atoms with van der Waals surface area (Å²) in [7, 11) is 3.57. The molecule has 1 atom stereocenters. The van der Waals surface area contributed by atoms with Crippen molar-refractivity contribution in [2.45, 2.75) is 18.9 Å². The molecule has 0 bridgehead atoms. The molecular weight excluding hydrogens is 231 g/mol. The van der Waals surface area contributed by atoms with Crippen molar-refractivity contribution in [3.63, 3.8) is 0 Å². The lowest BCUT2D eigenvalue weighted by Crippen LogP contribution is -2.38. The van der Waals surface area contributed by atoms with Crippen LogP contribution in [0.3, 0.4) is 0 Å². The van der Waals surface area contributed by atoms with Gasteiger partial charge in [0.1, 0.15) is 11.9 Å². The standard InChI is InChI=1S/C14H19FN2O/c1-17(2)13(11-5-3-4-6-12(11)15)14(18)16-9-10-7-8-10/h3-6,10,13H,7-9H2,1-2H3,(H,16,18). The van der Waals surface area contributed by atoms with E-state index in [-0.39, 0.29) is 11.7 Å². The molecule has 4 heteroatoms. The van der Waals surface area contributed by atoms with Gasteiger partial charge in [0.2, 0.25) is 5.91 Å². The molecular formula is C14H19FN2O. The van der Waals surface area contributed by atoms with Crippen molar-refractivity contribution in [3.8, 4) is 0 Å². The third-order valence-electron chi connectivity index (χ3n) is 3.23. The second kappa shape index (κ2) is 5.48. The predicted molar refractivity (Wildman–Crippen MR) is 68.6 cm³/mol. The van der Waals surface area contributed by atoms with Crippen LogP contribution in [0.15, 0.2) is 24.3 Å². The first kappa shape index (κ1) is 13.0. The van der Waals surface area contributed by atoms with E-state index in [1.165, 1.54) is 18.9 Å². The Bertz CT molecular complexity index is 430. The molecule has 1 aliphatic carbocycles. The molecule has 18 heavy (non-hydrogen) atoms. The molecule has 0 radical (unpaired) electrons. The van der Waals surface area contributed by atoms with Gasteiger partial charge in [0.25, 0.3) is 0 Å². The zero-order valence-corrected chi connectivity index (χ0v) is 10.8. The van der Waals surface area contributed by atoms with E-state index in [4.69, 9.17) is 0 Å². The van der Waals surface area contributed by atoms with Gasteiger partial charge in [0.15, 0.2) is 0 Å². The molecule has 2 rings (SSSR count). The van der Waals surface area contributed by atoms with Crippen molar-refractivity contribution in [2.24, 2.45) is 5.92 Å². The van der Waals surface area contributed by atoms with Crippen molar-refractivity contribution in [1.29, 1.82) is 0 Å². The third-order valence-corrected chi connectivity index (χ3v) is 3.23. The monoisotopic (exact) mass is 250 g/mol. The number of amides is 1. The molecule has 1 amide bonds. The molecule has 3 nitrogen and oxygen atoms in total. The maximum absolute atomic E-state index is 13.8. The van der Waals surface area contributed by atoms with Crippen LogP contribution in [0.4, 0.5) is 4.39 Å². The maximum Gasteiger partial charge on any atom is 0.242 e. The van der Waals surface area contributed by atoms with E-state index in [0.717, 1.165) is 0 Å². The number of nitrogens with one attached hydrogen (secondary N) is 1. The van der Waals surface area contributed by atoms with Crippen molar-refractivity contribution < 1.29 is 9.18 Å². The second-order valence-corrected chi connectivity index (χ2v) is 5.08. The molecule has 0 spiro atoms. The van der Waals surface area contributed by atoms with E-state index in [9.17, 15) is 9.18 Å². The van der Waals surface area contributed by atoms with Gasteiger partial charge in [-0.3, -0.25) is 9.69 Å². The first-order chi connectivity index (χ1) is 8.59. The molecule has 98 valence electrons. The summed E-state index contributed by atoms with van der Waals surface area (Å²) >= 11 is 0. The van der Waals surface area contributed by atoms with Gasteiger partial charge in [-0.15, -0.1) is 0 Å². The summed E-state index contributed by atoms with van der Waals surface area (Å²) in [6, 6.07) is 5.87. The quantitative estimate of drug-likeness (QED) is 0.866. The van der Waals surface area contributed by atoms with Gasteiger partial charge in [-0.25, -0.2) is 4.39 Å². The summed E-state index contributed by atoms with van der Waals surface area (Å²) in [5.74, 6) is 0.159. The predicted octanol–water partition coefficient (Wildman–Crippen LogP) is 1.95. The Labute approximate surface area is 107 Å². The van der Waals surface area contributed by atoms with E-state index in [0.29, 0.717) is 18.0 Å². The first-order valence-electron chi connectivity index (χ1n) is 6.28. The Balaban J connectivity index is 2.11. The number of carbonyl (C=O) groups is 1. The number of rotatable bonds is 5. The Morgan fingerprint density at radius 3 is 2.67 bits per heavy atom. The Kier molecular flexibility index (Phi) is 3.97. The summed E-state index contributed by atoms with van der Waals surface area (Å²) in [4.78, 5) is 13.9. The van der Waals surface area contributed by atoms with E-state index in [1.54, 1.807) is 37.2 Å². The number of nitrogens with zero attached hydrogens (tertiary/aromatic N) is 1. The minimum absolute atomic E-state index is 0.128. The molecule has 0 aromatic heterocycles. The van der Waals surface area contributed by atoms with Crippen molar-refractivity contribution in [3.05, 3.63) is 35.6 Å². The zero-order chi connectivity index (χ0) is 13.1. The average Bonchev–Trinajstić information content (AvgIpc) is 3.13. The molecule has 1 fully saturated rings. The smallest absolute Gasteiger partial charge is 0.242 e. The fourth-order valence-corrected chi connectivity index (χ4v) is 2.01. The highest BCUT2D eigenvalue weighted by Gasteiger charge is 2.28. The van der Waals surface area contributed by atoms with Gasteiger partial charge in [-0.2, -0.15) is 0 Å². The number of benzene rings is 1. The van der Waals surface area contributed by atoms with E-state index in [1.807, 2.05) is 0 Å². The van der Waals surface area contributed by atoms with Gasteiger partial charge in [0.05, 0.1) is 0 Å². The Morgan fingerprint density at radius 1 is 1.44 bits per heavy atom. The first-order valence-corrected chi connectivity index (χ1v) is 6.28. The molecule has 0 aliphatic heterocycles. The van der Waals surface area contributed by atoms with Crippen LogP contribution in [0.25, 0.3) is 0 Å². The molecule has 0 saturated heterocycles. The molecule has 1 aliphatic rings. The normalized spacial score (nSPS) is 16.7. The molecule has 1 aromatic carbocycles. The van der Waals surface area contributed by atoms with Gasteiger partial charge in [0, 0.05) is 12.1 Å². The van der Waals surface area contributed by atoms with Gasteiger partial charge < -0.3 is 5.32 Å². The van der Waals surface area contributed by atoms with Gasteiger partial charge in [-0.05, 0) is 38.9 Å². The lowest BCUT2D eigenvalue weighted by Gasteiger charge is -2.24. The Hall–Kier alpha value is -1.42. The average molecular weight is 250 g/mol. The van der Waals surface area contributed by atoms with Crippen LogP contribution in [-0.4, -0.2) is 31.4 Å². The van der Waals surface area contributed by atoms with E-state index >= 15 is 0 Å². The maximum atomic E-state index is 13.8. The van der Waals surface area contributed by atoms with Crippen LogP contribution >= 0.6 is 0 Å². The van der Waals surface area contributed by atoms with Crippen LogP contribution in [-0.2, 0) is 4.79 Å². The minimum Gasteiger partial charge on any atom is -0.354 e. The van der Waals surface area contributed by atoms with Crippen LogP contribution in [0.2, 0.25) is 0 Å². The summed E-state index contributed by atoms with van der Waals surface area (Å²) < 4.78 is 13.8. The molecule has 1 saturated carbocycles. The lowest BCUT2D eigenvalue weighted by molar-refractivity contribution is -0.125. The number of carbonyl (C=O) groups excluding carboxylic acids is 1. The SMILES string of the molecule is CN(C)C(C(=O)NCC1CC1)c1ccccc1F. The number of halogens is 1. The number of likely N-dealkylation sites (N-methyl/N-ethyl adjacent to an activating group) is 1. The van der Waals surface area contributed by atoms with Crippen LogP contribution in [0.5, 0.6) is 0 Å². The lowest BCUT2D eigenvalue weighted by atomic mass is 10.0. The Morgan fingerprint density at radius 2 is 2.11 bits per heavy atom. The fourth-order valence-electron chi connectivity index (χ4n) is 2.01. The topological polar surface area (TPSA) is 32.3 Å². The molecule has 1 unspecified atom stereocenters. The van der Waals surface area contributed by atoms with Crippen LogP contribution < -0.4 is 5.32 Å². The van der Waals surface area contributed by atoms with Crippen molar-refractivity contribution in [2.75, 3.05) is 20.6 Å². The molecule has 1 N–H and O–H groups in total. The largest absolute Gasteiger partial charge is 0.354 e. The number of hydrogen-bond donors (Lipinski definition) is 1. The fraction of sp³-hybridized carbons (Fsp3) is 0.500. The van der Waals surface area contributed by atoms with Crippen LogP contribution in [0, 0.1) is 11.7 Å². The highest BCUT2D eigenvalue weighted by Crippen LogP contribution is 2.28. The minimum atomic E-state index is -0.565. The molecule has 0 heterocycles. The number of hydrogen-bond acceptors (Lipinski definition) is 2. The van der Waals surface area contributed by atoms with Crippen LogP contribution in [0.1, 0.15) is 24.4 Å². The summed E-state index contributed by atoms with van der Waals surface area (Å²) in [5.41, 5.74) is 0.427.